The quantitative estimate of drug-likeness (QED) is 0.895. The summed E-state index contributed by atoms with van der Waals surface area (Å²) in [4.78, 5) is 24.7. The van der Waals surface area contributed by atoms with Crippen LogP contribution in [0.2, 0.25) is 5.02 Å². The second-order valence-electron chi connectivity index (χ2n) is 4.51. The predicted octanol–water partition coefficient (Wildman–Crippen LogP) is 2.34. The molecule has 0 radical (unpaired) electrons. The summed E-state index contributed by atoms with van der Waals surface area (Å²) in [6, 6.07) is 4.35. The molecule has 1 unspecified atom stereocenters. The minimum atomic E-state index is -0.945. The molecular weight excluding hydrogens is 254 g/mol. The molecule has 1 aliphatic rings. The summed E-state index contributed by atoms with van der Waals surface area (Å²) in [7, 11) is 0. The highest BCUT2D eigenvalue weighted by molar-refractivity contribution is 6.31. The fourth-order valence-electron chi connectivity index (χ4n) is 2.29. The summed E-state index contributed by atoms with van der Waals surface area (Å²) in [6.45, 7) is 2.34. The lowest BCUT2D eigenvalue weighted by Gasteiger charge is -2.21. The Morgan fingerprint density at radius 3 is 2.72 bits per heavy atom. The van der Waals surface area contributed by atoms with Gasteiger partial charge < -0.3 is 10.0 Å². The van der Waals surface area contributed by atoms with Crippen LogP contribution in [0.15, 0.2) is 18.2 Å². The van der Waals surface area contributed by atoms with Gasteiger partial charge in [0.05, 0.1) is 0 Å². The first kappa shape index (κ1) is 12.9. The van der Waals surface area contributed by atoms with Crippen LogP contribution in [0.25, 0.3) is 0 Å². The van der Waals surface area contributed by atoms with Gasteiger partial charge in [0.15, 0.2) is 0 Å². The number of carboxylic acids is 1. The minimum absolute atomic E-state index is 0.259. The second kappa shape index (κ2) is 4.98. The fourth-order valence-corrected chi connectivity index (χ4v) is 2.58. The lowest BCUT2D eigenvalue weighted by molar-refractivity contribution is -0.141. The Morgan fingerprint density at radius 2 is 2.11 bits per heavy atom. The van der Waals surface area contributed by atoms with E-state index < -0.39 is 12.0 Å². The molecule has 1 amide bonds. The third-order valence-electron chi connectivity index (χ3n) is 3.09. The third kappa shape index (κ3) is 2.48. The third-order valence-corrected chi connectivity index (χ3v) is 3.31. The molecule has 5 heteroatoms. The largest absolute Gasteiger partial charge is 0.480 e. The van der Waals surface area contributed by atoms with E-state index in [4.69, 9.17) is 16.7 Å². The number of aryl methyl sites for hydroxylation is 1. The highest BCUT2D eigenvalue weighted by Gasteiger charge is 2.34. The van der Waals surface area contributed by atoms with Crippen LogP contribution in [-0.2, 0) is 4.79 Å². The Kier molecular flexibility index (Phi) is 3.57. The Bertz CT molecular complexity index is 481. The average Bonchev–Trinajstić information content (AvgIpc) is 2.75. The first-order chi connectivity index (χ1) is 8.49. The van der Waals surface area contributed by atoms with E-state index in [0.29, 0.717) is 23.6 Å². The average molecular weight is 268 g/mol. The minimum Gasteiger partial charge on any atom is -0.480 e. The Balaban J connectivity index is 2.28. The summed E-state index contributed by atoms with van der Waals surface area (Å²) in [5.74, 6) is -1.20. The molecule has 96 valence electrons. The molecule has 1 N–H and O–H groups in total. The van der Waals surface area contributed by atoms with Gasteiger partial charge in [0, 0.05) is 17.1 Å². The molecule has 1 saturated heterocycles. The Hall–Kier alpha value is -1.55. The van der Waals surface area contributed by atoms with Crippen molar-refractivity contribution in [2.24, 2.45) is 0 Å². The van der Waals surface area contributed by atoms with Crippen molar-refractivity contribution in [1.82, 2.24) is 4.90 Å². The topological polar surface area (TPSA) is 57.6 Å². The van der Waals surface area contributed by atoms with Crippen molar-refractivity contribution in [2.45, 2.75) is 25.8 Å². The normalized spacial score (nSPS) is 19.0. The molecule has 2 rings (SSSR count). The highest BCUT2D eigenvalue weighted by atomic mass is 35.5. The fraction of sp³-hybridized carbons (Fsp3) is 0.385. The number of aliphatic carboxylic acids is 1. The molecule has 1 aromatic rings. The number of likely N-dealkylation sites (tertiary alicyclic amines) is 1. The van der Waals surface area contributed by atoms with Crippen molar-refractivity contribution < 1.29 is 14.7 Å². The summed E-state index contributed by atoms with van der Waals surface area (Å²) >= 11 is 5.91. The molecule has 0 spiro atoms. The Morgan fingerprint density at radius 1 is 1.39 bits per heavy atom. The van der Waals surface area contributed by atoms with Crippen molar-refractivity contribution >= 4 is 23.5 Å². The lowest BCUT2D eigenvalue weighted by atomic mass is 10.1. The number of carbonyl (C=O) groups is 2. The predicted molar refractivity (Wildman–Crippen MR) is 67.9 cm³/mol. The molecule has 0 aliphatic carbocycles. The van der Waals surface area contributed by atoms with E-state index in [1.807, 2.05) is 6.92 Å². The zero-order valence-corrected chi connectivity index (χ0v) is 10.8. The maximum Gasteiger partial charge on any atom is 0.326 e. The van der Waals surface area contributed by atoms with Gasteiger partial charge in [0.1, 0.15) is 6.04 Å². The van der Waals surface area contributed by atoms with Crippen LogP contribution in [0.3, 0.4) is 0 Å². The van der Waals surface area contributed by atoms with E-state index in [1.54, 1.807) is 18.2 Å². The first-order valence-electron chi connectivity index (χ1n) is 5.80. The SMILES string of the molecule is Cc1cc(Cl)cc(C(=O)N2CCCC2C(=O)O)c1. The van der Waals surface area contributed by atoms with Gasteiger partial charge in [-0.3, -0.25) is 4.79 Å². The Labute approximate surface area is 110 Å². The van der Waals surface area contributed by atoms with E-state index in [-0.39, 0.29) is 5.91 Å². The van der Waals surface area contributed by atoms with Gasteiger partial charge >= 0.3 is 5.97 Å². The van der Waals surface area contributed by atoms with Gasteiger partial charge in [-0.25, -0.2) is 4.79 Å². The van der Waals surface area contributed by atoms with Gasteiger partial charge in [-0.05, 0) is 43.5 Å². The van der Waals surface area contributed by atoms with Crippen LogP contribution in [0.1, 0.15) is 28.8 Å². The number of carbonyl (C=O) groups excluding carboxylic acids is 1. The van der Waals surface area contributed by atoms with E-state index in [2.05, 4.69) is 0 Å². The van der Waals surface area contributed by atoms with Gasteiger partial charge in [-0.2, -0.15) is 0 Å². The number of nitrogens with zero attached hydrogens (tertiary/aromatic N) is 1. The number of hydrogen-bond donors (Lipinski definition) is 1. The maximum absolute atomic E-state index is 12.3. The van der Waals surface area contributed by atoms with E-state index in [9.17, 15) is 9.59 Å². The van der Waals surface area contributed by atoms with Crippen molar-refractivity contribution in [3.05, 3.63) is 34.3 Å². The van der Waals surface area contributed by atoms with Crippen LogP contribution in [0.5, 0.6) is 0 Å². The number of halogens is 1. The van der Waals surface area contributed by atoms with E-state index in [0.717, 1.165) is 12.0 Å². The molecule has 0 saturated carbocycles. The number of carboxylic acid groups (broad SMARTS) is 1. The van der Waals surface area contributed by atoms with Crippen molar-refractivity contribution in [3.8, 4) is 0 Å². The number of rotatable bonds is 2. The number of hydrogen-bond acceptors (Lipinski definition) is 2. The summed E-state index contributed by atoms with van der Waals surface area (Å²) < 4.78 is 0. The summed E-state index contributed by atoms with van der Waals surface area (Å²) in [5, 5.41) is 9.56. The summed E-state index contributed by atoms with van der Waals surface area (Å²) in [6.07, 6.45) is 1.24. The van der Waals surface area contributed by atoms with Gasteiger partial charge in [-0.15, -0.1) is 0 Å². The van der Waals surface area contributed by atoms with Crippen molar-refractivity contribution in [2.75, 3.05) is 6.54 Å². The molecular formula is C13H14ClNO3. The second-order valence-corrected chi connectivity index (χ2v) is 4.95. The molecule has 1 aromatic carbocycles. The zero-order valence-electron chi connectivity index (χ0n) is 10.0. The van der Waals surface area contributed by atoms with Gasteiger partial charge in [0.2, 0.25) is 0 Å². The number of amides is 1. The van der Waals surface area contributed by atoms with Crippen LogP contribution in [0.4, 0.5) is 0 Å². The zero-order chi connectivity index (χ0) is 13.3. The van der Waals surface area contributed by atoms with Crippen molar-refractivity contribution in [3.63, 3.8) is 0 Å². The smallest absolute Gasteiger partial charge is 0.326 e. The monoisotopic (exact) mass is 267 g/mol. The molecule has 1 heterocycles. The standard InChI is InChI=1S/C13H14ClNO3/c1-8-5-9(7-10(14)6-8)12(16)15-4-2-3-11(15)13(17)18/h5-7,11H,2-4H2,1H3,(H,17,18). The molecule has 1 aliphatic heterocycles. The van der Waals surface area contributed by atoms with Crippen LogP contribution < -0.4 is 0 Å². The van der Waals surface area contributed by atoms with Crippen LogP contribution in [-0.4, -0.2) is 34.5 Å². The van der Waals surface area contributed by atoms with Gasteiger partial charge in [-0.1, -0.05) is 11.6 Å². The van der Waals surface area contributed by atoms with Gasteiger partial charge in [0.25, 0.3) is 5.91 Å². The summed E-state index contributed by atoms with van der Waals surface area (Å²) in [5.41, 5.74) is 1.34. The molecule has 18 heavy (non-hydrogen) atoms. The van der Waals surface area contributed by atoms with E-state index >= 15 is 0 Å². The molecule has 1 fully saturated rings. The highest BCUT2D eigenvalue weighted by Crippen LogP contribution is 2.22. The first-order valence-corrected chi connectivity index (χ1v) is 6.18. The molecule has 0 bridgehead atoms. The number of benzene rings is 1. The van der Waals surface area contributed by atoms with Crippen LogP contribution >= 0.6 is 11.6 Å². The van der Waals surface area contributed by atoms with Crippen LogP contribution in [0, 0.1) is 6.92 Å². The lowest BCUT2D eigenvalue weighted by Crippen LogP contribution is -2.40. The van der Waals surface area contributed by atoms with E-state index in [1.165, 1.54) is 4.90 Å². The molecule has 1 atom stereocenters. The molecule has 0 aromatic heterocycles. The van der Waals surface area contributed by atoms with Crippen molar-refractivity contribution in [1.29, 1.82) is 0 Å². The molecule has 4 nitrogen and oxygen atoms in total. The maximum atomic E-state index is 12.3.